The van der Waals surface area contributed by atoms with E-state index in [2.05, 4.69) is 0 Å². The van der Waals surface area contributed by atoms with Crippen LogP contribution >= 0.6 is 0 Å². The van der Waals surface area contributed by atoms with Gasteiger partial charge in [-0.05, 0) is 0 Å². The minimum absolute atomic E-state index is 0.432. The summed E-state index contributed by atoms with van der Waals surface area (Å²) in [5.74, 6) is -2.16. The van der Waals surface area contributed by atoms with E-state index in [4.69, 9.17) is 0 Å². The van der Waals surface area contributed by atoms with Crippen molar-refractivity contribution in [2.75, 3.05) is 0 Å². The highest BCUT2D eigenvalue weighted by Gasteiger charge is 2.82. The molecule has 0 aliphatic carbocycles. The Bertz CT molecular complexity index is 344. The Morgan fingerprint density at radius 3 is 1.85 bits per heavy atom. The van der Waals surface area contributed by atoms with Crippen molar-refractivity contribution in [2.45, 2.75) is 12.1 Å². The normalized spacial score (nSPS) is 40.6. The smallest absolute Gasteiger partial charge is 0.344 e. The summed E-state index contributed by atoms with van der Waals surface area (Å²) >= 11 is 0. The van der Waals surface area contributed by atoms with Crippen LogP contribution in [0.15, 0.2) is 0 Å². The number of fused-ring (bicyclic) bond motifs is 1. The Hall–Kier alpha value is -1.67. The third-order valence-electron chi connectivity index (χ3n) is 2.43. The van der Waals surface area contributed by atoms with Crippen LogP contribution in [0.3, 0.4) is 0 Å². The SMILES string of the molecule is O=C1N2C(=O)N3C(=O)N1C3(O)C2O. The number of amides is 6. The Morgan fingerprint density at radius 1 is 1.08 bits per heavy atom. The summed E-state index contributed by atoms with van der Waals surface area (Å²) in [4.78, 5) is 34.5. The molecule has 3 fully saturated rings. The minimum atomic E-state index is -2.16. The lowest BCUT2D eigenvalue weighted by Gasteiger charge is -2.47. The first-order valence-corrected chi connectivity index (χ1v) is 3.43. The van der Waals surface area contributed by atoms with Crippen molar-refractivity contribution < 1.29 is 24.6 Å². The minimum Gasteiger partial charge on any atom is -0.367 e. The molecule has 0 saturated carbocycles. The third kappa shape index (κ3) is 0.365. The van der Waals surface area contributed by atoms with Gasteiger partial charge < -0.3 is 10.2 Å². The molecule has 68 valence electrons. The first-order valence-electron chi connectivity index (χ1n) is 3.43. The van der Waals surface area contributed by atoms with Gasteiger partial charge in [0.05, 0.1) is 0 Å². The number of hydrogen-bond donors (Lipinski definition) is 2. The lowest BCUT2D eigenvalue weighted by Crippen LogP contribution is -2.79. The Morgan fingerprint density at radius 2 is 1.54 bits per heavy atom. The quantitative estimate of drug-likeness (QED) is 0.466. The van der Waals surface area contributed by atoms with Crippen LogP contribution in [-0.2, 0) is 0 Å². The molecule has 1 unspecified atom stereocenters. The van der Waals surface area contributed by atoms with Gasteiger partial charge in [0.15, 0.2) is 0 Å². The predicted molar refractivity (Wildman–Crippen MR) is 32.7 cm³/mol. The lowest BCUT2D eigenvalue weighted by molar-refractivity contribution is -0.216. The van der Waals surface area contributed by atoms with Crippen LogP contribution in [0.1, 0.15) is 0 Å². The average molecular weight is 185 g/mol. The van der Waals surface area contributed by atoms with Crippen molar-refractivity contribution in [1.29, 1.82) is 0 Å². The van der Waals surface area contributed by atoms with E-state index >= 15 is 0 Å². The maximum atomic E-state index is 11.1. The molecule has 0 radical (unpaired) electrons. The number of carbonyl (C=O) groups excluding carboxylic acids is 3. The second-order valence-electron chi connectivity index (χ2n) is 2.95. The van der Waals surface area contributed by atoms with Crippen LogP contribution in [0.5, 0.6) is 0 Å². The molecule has 3 aliphatic rings. The molecular weight excluding hydrogens is 182 g/mol. The number of nitrogens with zero attached hydrogens (tertiary/aromatic N) is 3. The fourth-order valence-electron chi connectivity index (χ4n) is 1.79. The van der Waals surface area contributed by atoms with Gasteiger partial charge in [0.2, 0.25) is 6.23 Å². The van der Waals surface area contributed by atoms with Gasteiger partial charge in [-0.1, -0.05) is 0 Å². The molecule has 8 nitrogen and oxygen atoms in total. The van der Waals surface area contributed by atoms with Crippen molar-refractivity contribution in [3.05, 3.63) is 0 Å². The van der Waals surface area contributed by atoms with Gasteiger partial charge >= 0.3 is 18.1 Å². The van der Waals surface area contributed by atoms with Crippen molar-refractivity contribution in [3.8, 4) is 0 Å². The number of carbonyl (C=O) groups is 3. The summed E-state index contributed by atoms with van der Waals surface area (Å²) in [6, 6.07) is -2.86. The Kier molecular flexibility index (Phi) is 0.734. The molecule has 0 aromatic carbocycles. The van der Waals surface area contributed by atoms with E-state index in [1.54, 1.807) is 0 Å². The van der Waals surface area contributed by atoms with Crippen LogP contribution in [0, 0.1) is 0 Å². The van der Waals surface area contributed by atoms with Gasteiger partial charge in [-0.25, -0.2) is 19.3 Å². The molecule has 2 bridgehead atoms. The highest BCUT2D eigenvalue weighted by atomic mass is 16.5. The molecule has 3 rings (SSSR count). The number of hydrogen-bond acceptors (Lipinski definition) is 5. The second-order valence-corrected chi connectivity index (χ2v) is 2.95. The van der Waals surface area contributed by atoms with E-state index in [0.717, 1.165) is 0 Å². The summed E-state index contributed by atoms with van der Waals surface area (Å²) in [6.07, 6.45) is -1.68. The van der Waals surface area contributed by atoms with Gasteiger partial charge in [0.25, 0.3) is 5.85 Å². The molecule has 2 N–H and O–H groups in total. The molecule has 3 heterocycles. The Labute approximate surface area is 70.5 Å². The van der Waals surface area contributed by atoms with Crippen LogP contribution < -0.4 is 0 Å². The largest absolute Gasteiger partial charge is 0.367 e. The van der Waals surface area contributed by atoms with Crippen LogP contribution in [-0.4, -0.2) is 55.1 Å². The molecule has 3 saturated heterocycles. The fraction of sp³-hybridized carbons (Fsp3) is 0.400. The monoisotopic (exact) mass is 185 g/mol. The van der Waals surface area contributed by atoms with Crippen LogP contribution in [0.25, 0.3) is 0 Å². The van der Waals surface area contributed by atoms with Gasteiger partial charge in [0, 0.05) is 0 Å². The molecule has 1 atom stereocenters. The summed E-state index contributed by atoms with van der Waals surface area (Å²) in [5, 5.41) is 18.8. The van der Waals surface area contributed by atoms with Crippen molar-refractivity contribution in [3.63, 3.8) is 0 Å². The highest BCUT2D eigenvalue weighted by Crippen LogP contribution is 2.48. The molecule has 0 aromatic heterocycles. The number of aliphatic hydroxyl groups is 2. The maximum absolute atomic E-state index is 11.1. The van der Waals surface area contributed by atoms with Crippen LogP contribution in [0.2, 0.25) is 0 Å². The van der Waals surface area contributed by atoms with E-state index in [1.165, 1.54) is 0 Å². The van der Waals surface area contributed by atoms with E-state index in [-0.39, 0.29) is 0 Å². The molecule has 0 spiro atoms. The summed E-state index contributed by atoms with van der Waals surface area (Å²) in [6.45, 7) is 0. The maximum Gasteiger partial charge on any atom is 0.344 e. The Balaban J connectivity index is 2.25. The zero-order chi connectivity index (χ0) is 9.54. The zero-order valence-corrected chi connectivity index (χ0v) is 6.04. The van der Waals surface area contributed by atoms with E-state index in [1.807, 2.05) is 0 Å². The second kappa shape index (κ2) is 1.40. The topological polar surface area (TPSA) is 101 Å². The predicted octanol–water partition coefficient (Wildman–Crippen LogP) is -1.74. The summed E-state index contributed by atoms with van der Waals surface area (Å²) in [7, 11) is 0. The van der Waals surface area contributed by atoms with E-state index < -0.39 is 30.2 Å². The van der Waals surface area contributed by atoms with E-state index in [0.29, 0.717) is 14.7 Å². The van der Waals surface area contributed by atoms with E-state index in [9.17, 15) is 24.6 Å². The van der Waals surface area contributed by atoms with Crippen molar-refractivity contribution in [2.24, 2.45) is 0 Å². The zero-order valence-electron chi connectivity index (χ0n) is 6.04. The van der Waals surface area contributed by atoms with Crippen molar-refractivity contribution >= 4 is 18.1 Å². The molecule has 8 heteroatoms. The average Bonchev–Trinajstić information content (AvgIpc) is 2.27. The molecule has 3 aliphatic heterocycles. The first-order chi connectivity index (χ1) is 6.01. The van der Waals surface area contributed by atoms with Gasteiger partial charge in [-0.2, -0.15) is 9.80 Å². The summed E-state index contributed by atoms with van der Waals surface area (Å²) in [5.41, 5.74) is 0. The molecule has 13 heavy (non-hydrogen) atoms. The summed E-state index contributed by atoms with van der Waals surface area (Å²) < 4.78 is 0. The molecule has 6 amide bonds. The number of aliphatic hydroxyl groups excluding tert-OH is 1. The standard InChI is InChI=1S/C5H3N3O5/c9-1-5(13)7-2(10)6(1)3(11)8(5)4(7)12/h1,9,13H. The van der Waals surface area contributed by atoms with Gasteiger partial charge in [0.1, 0.15) is 0 Å². The number of urea groups is 3. The first kappa shape index (κ1) is 6.80. The molecular formula is C5H3N3O5. The van der Waals surface area contributed by atoms with Gasteiger partial charge in [-0.3, -0.25) is 0 Å². The fourth-order valence-corrected chi connectivity index (χ4v) is 1.79. The highest BCUT2D eigenvalue weighted by molar-refractivity contribution is 6.19. The third-order valence-corrected chi connectivity index (χ3v) is 2.43. The lowest BCUT2D eigenvalue weighted by atomic mass is 10.2. The van der Waals surface area contributed by atoms with Crippen molar-refractivity contribution in [1.82, 2.24) is 14.7 Å². The number of imide groups is 3. The number of rotatable bonds is 0. The van der Waals surface area contributed by atoms with Gasteiger partial charge in [-0.15, -0.1) is 0 Å². The van der Waals surface area contributed by atoms with Crippen LogP contribution in [0.4, 0.5) is 14.4 Å². The molecule has 0 aromatic rings.